The van der Waals surface area contributed by atoms with Crippen molar-refractivity contribution in [2.75, 3.05) is 50.7 Å². The second kappa shape index (κ2) is 23.7. The van der Waals surface area contributed by atoms with Gasteiger partial charge in [-0.3, -0.25) is 19.9 Å². The monoisotopic (exact) mass is 1070 g/mol. The van der Waals surface area contributed by atoms with E-state index >= 15 is 0 Å². The second-order valence-corrected chi connectivity index (χ2v) is 23.6. The Morgan fingerprint density at radius 1 is 0.792 bits per heavy atom. The van der Waals surface area contributed by atoms with E-state index in [-0.39, 0.29) is 17.6 Å². The highest BCUT2D eigenvalue weighted by Gasteiger charge is 2.43. The lowest BCUT2D eigenvalue weighted by molar-refractivity contribution is -0.147. The molecular formula is C58H73F3N12O3S. The minimum atomic E-state index is -4.60. The normalized spacial score (nSPS) is 22.4. The lowest BCUT2D eigenvalue weighted by atomic mass is 9.81. The van der Waals surface area contributed by atoms with Crippen LogP contribution in [0, 0.1) is 30.1 Å². The number of aromatic nitrogens is 5. The Bertz CT molecular complexity index is 2870. The van der Waals surface area contributed by atoms with Crippen molar-refractivity contribution >= 4 is 28.9 Å². The molecule has 19 heteroatoms. The largest absolute Gasteiger partial charge is 0.453 e. The zero-order valence-electron chi connectivity index (χ0n) is 44.7. The highest BCUT2D eigenvalue weighted by atomic mass is 32.1. The predicted octanol–water partition coefficient (Wildman–Crippen LogP) is 8.00. The molecule has 4 aliphatic heterocycles. The van der Waals surface area contributed by atoms with Gasteiger partial charge in [-0.1, -0.05) is 75.4 Å². The summed E-state index contributed by atoms with van der Waals surface area (Å²) in [4.78, 5) is 33.1. The molecule has 3 saturated heterocycles. The molecule has 1 amide bonds. The summed E-state index contributed by atoms with van der Waals surface area (Å²) in [6.07, 6.45) is 4.50. The molecule has 1 saturated carbocycles. The number of piperazine rings is 1. The van der Waals surface area contributed by atoms with Crippen molar-refractivity contribution in [3.63, 3.8) is 0 Å². The van der Waals surface area contributed by atoms with Gasteiger partial charge in [0.15, 0.2) is 5.82 Å². The Morgan fingerprint density at radius 2 is 1.51 bits per heavy atom. The summed E-state index contributed by atoms with van der Waals surface area (Å²) in [6, 6.07) is 20.2. The summed E-state index contributed by atoms with van der Waals surface area (Å²) < 4.78 is 41.2. The van der Waals surface area contributed by atoms with E-state index in [1.807, 2.05) is 41.7 Å². The highest BCUT2D eigenvalue weighted by Crippen LogP contribution is 2.36. The van der Waals surface area contributed by atoms with Crippen molar-refractivity contribution in [3.05, 3.63) is 112 Å². The molecule has 4 N–H and O–H groups in total. The summed E-state index contributed by atoms with van der Waals surface area (Å²) in [5, 5.41) is 41.8. The molecule has 5 aliphatic rings. The molecule has 4 fully saturated rings. The number of halogens is 3. The van der Waals surface area contributed by atoms with Crippen LogP contribution in [0.15, 0.2) is 77.5 Å². The van der Waals surface area contributed by atoms with E-state index in [0.717, 1.165) is 134 Å². The van der Waals surface area contributed by atoms with Crippen LogP contribution in [0.1, 0.15) is 130 Å². The first-order valence-electron chi connectivity index (χ1n) is 27.6. The predicted molar refractivity (Wildman–Crippen MR) is 293 cm³/mol. The number of likely N-dealkylation sites (tertiary alicyclic amines) is 2. The SMILES string of the molecule is Cc1ncsc1-c1ccc(CNC(=O)[C@@H]2CCCCN2C(O)[C@@H](NC(O)C2CCC(N3CCN(c4ccc(C#Cc5ccc(C6CCN(C7=Nn8c(nnc8C(F)(F)F)CC7)CC6)cc5)cn4)CC3)CC2)C(C)(C)C)cc1. The van der Waals surface area contributed by atoms with Crippen molar-refractivity contribution in [2.24, 2.45) is 16.4 Å². The first kappa shape index (κ1) is 54.6. The quantitative estimate of drug-likeness (QED) is 0.0705. The van der Waals surface area contributed by atoms with E-state index in [0.29, 0.717) is 50.1 Å². The average molecular weight is 1080 g/mol. The van der Waals surface area contributed by atoms with Gasteiger partial charge in [-0.15, -0.1) is 21.5 Å². The Balaban J connectivity index is 0.651. The minimum absolute atomic E-state index is 0.0676. The number of fused-ring (bicyclic) bond motifs is 1. The fourth-order valence-corrected chi connectivity index (χ4v) is 12.9. The van der Waals surface area contributed by atoms with Crippen LogP contribution in [0.25, 0.3) is 10.4 Å². The van der Waals surface area contributed by atoms with E-state index < -0.39 is 42.0 Å². The van der Waals surface area contributed by atoms with Crippen molar-refractivity contribution in [2.45, 2.75) is 148 Å². The van der Waals surface area contributed by atoms with E-state index in [9.17, 15) is 28.2 Å². The summed E-state index contributed by atoms with van der Waals surface area (Å²) in [5.74, 6) is 7.68. The van der Waals surface area contributed by atoms with Gasteiger partial charge in [0.1, 0.15) is 24.1 Å². The number of thiazole rings is 1. The van der Waals surface area contributed by atoms with Gasteiger partial charge in [0.05, 0.1) is 28.2 Å². The first-order valence-corrected chi connectivity index (χ1v) is 28.5. The van der Waals surface area contributed by atoms with Gasteiger partial charge in [0.25, 0.3) is 5.82 Å². The van der Waals surface area contributed by atoms with E-state index in [4.69, 9.17) is 4.98 Å². The number of hydrogen-bond acceptors (Lipinski definition) is 14. The van der Waals surface area contributed by atoms with Crippen LogP contribution >= 0.6 is 11.3 Å². The number of amidine groups is 1. The number of pyridine rings is 1. The number of aryl methyl sites for hydroxylation is 2. The average Bonchev–Trinajstić information content (AvgIpc) is 4.12. The van der Waals surface area contributed by atoms with Crippen molar-refractivity contribution in [1.82, 2.24) is 50.2 Å². The Labute approximate surface area is 454 Å². The molecular weight excluding hydrogens is 1000 g/mol. The van der Waals surface area contributed by atoms with Crippen molar-refractivity contribution in [1.29, 1.82) is 0 Å². The van der Waals surface area contributed by atoms with E-state index in [1.54, 1.807) is 11.3 Å². The molecule has 2 unspecified atom stereocenters. The van der Waals surface area contributed by atoms with Crippen LogP contribution in [0.3, 0.4) is 0 Å². The third kappa shape index (κ3) is 12.9. The molecule has 3 aromatic heterocycles. The summed E-state index contributed by atoms with van der Waals surface area (Å²) >= 11 is 1.62. The number of nitrogens with one attached hydrogen (secondary N) is 2. The fraction of sp³-hybridized carbons (Fsp3) is 0.552. The smallest absolute Gasteiger partial charge is 0.378 e. The van der Waals surface area contributed by atoms with Gasteiger partial charge in [-0.05, 0) is 116 Å². The summed E-state index contributed by atoms with van der Waals surface area (Å²) in [7, 11) is 0. The number of aliphatic hydroxyl groups is 2. The van der Waals surface area contributed by atoms with Crippen LogP contribution in [-0.2, 0) is 23.9 Å². The molecule has 15 nitrogen and oxygen atoms in total. The molecule has 5 aromatic rings. The van der Waals surface area contributed by atoms with Gasteiger partial charge in [0.2, 0.25) is 5.91 Å². The number of benzene rings is 2. The molecule has 0 radical (unpaired) electrons. The molecule has 0 bridgehead atoms. The molecule has 7 heterocycles. The standard InChI is InChI=1S/C58H73F3N12O3S/c1-38-51(77-37-64-38)44-17-12-41(13-18-44)36-63-54(75)47-7-5-6-28-72(47)55(76)52(57(2,3)4)65-53(74)45-19-21-46(22-20-45)69-31-33-71(34-32-69)48-23-14-40(35-62-48)9-8-39-10-15-42(16-11-39)43-26-29-70(30-27-43)50-25-24-49-66-67-56(58(59,60)61)73(49)68-50/h10-18,23,35,37,43,45-47,52-53,55,65,74,76H,5-7,19-22,24-34,36H2,1-4H3,(H,63,75)/t45?,46?,47-,52+,53?,55?/m0/s1. The molecule has 4 atom stereocenters. The Morgan fingerprint density at radius 3 is 2.17 bits per heavy atom. The zero-order chi connectivity index (χ0) is 53.8. The number of piperidine rings is 2. The van der Waals surface area contributed by atoms with Gasteiger partial charge in [-0.2, -0.15) is 22.9 Å². The second-order valence-electron chi connectivity index (χ2n) is 22.7. The lowest BCUT2D eigenvalue weighted by Gasteiger charge is -2.47. The topological polar surface area (TPSA) is 163 Å². The number of amides is 1. The number of carbonyl (C=O) groups excluding carboxylic acids is 1. The lowest BCUT2D eigenvalue weighted by Crippen LogP contribution is -2.64. The maximum absolute atomic E-state index is 13.8. The number of anilines is 1. The molecule has 77 heavy (non-hydrogen) atoms. The number of nitrogens with zero attached hydrogens (tertiary/aromatic N) is 10. The van der Waals surface area contributed by atoms with Crippen LogP contribution in [-0.4, -0.2) is 138 Å². The van der Waals surface area contributed by atoms with E-state index in [2.05, 4.69) is 121 Å². The number of aliphatic hydroxyl groups excluding tert-OH is 2. The number of carbonyl (C=O) groups is 1. The molecule has 1 aliphatic carbocycles. The third-order valence-electron chi connectivity index (χ3n) is 16.6. The summed E-state index contributed by atoms with van der Waals surface area (Å²) in [6.45, 7) is 14.4. The number of rotatable bonds is 12. The molecule has 410 valence electrons. The zero-order valence-corrected chi connectivity index (χ0v) is 45.5. The number of hydrogen-bond donors (Lipinski definition) is 4. The Kier molecular flexibility index (Phi) is 16.8. The Hall–Kier alpha value is -5.75. The molecule has 0 spiro atoms. The van der Waals surface area contributed by atoms with Gasteiger partial charge >= 0.3 is 6.18 Å². The third-order valence-corrected chi connectivity index (χ3v) is 17.6. The van der Waals surface area contributed by atoms with Crippen LogP contribution in [0.2, 0.25) is 0 Å². The van der Waals surface area contributed by atoms with Crippen LogP contribution < -0.4 is 15.5 Å². The van der Waals surface area contributed by atoms with Crippen molar-refractivity contribution < 1.29 is 28.2 Å². The van der Waals surface area contributed by atoms with Gasteiger partial charge in [0, 0.05) is 88.6 Å². The van der Waals surface area contributed by atoms with Crippen molar-refractivity contribution in [3.8, 4) is 22.3 Å². The fourth-order valence-electron chi connectivity index (χ4n) is 12.1. The number of alkyl halides is 3. The van der Waals surface area contributed by atoms with Gasteiger partial charge in [-0.25, -0.2) is 9.97 Å². The van der Waals surface area contributed by atoms with Crippen LogP contribution in [0.4, 0.5) is 19.0 Å². The molecule has 10 rings (SSSR count). The van der Waals surface area contributed by atoms with Gasteiger partial charge < -0.3 is 25.3 Å². The maximum atomic E-state index is 13.8. The highest BCUT2D eigenvalue weighted by molar-refractivity contribution is 7.13. The summed E-state index contributed by atoms with van der Waals surface area (Å²) in [5.41, 5.74) is 7.61. The van der Waals surface area contributed by atoms with Crippen LogP contribution in [0.5, 0.6) is 0 Å². The first-order chi connectivity index (χ1) is 37.1. The minimum Gasteiger partial charge on any atom is -0.378 e. The van der Waals surface area contributed by atoms with E-state index in [1.165, 1.54) is 5.56 Å². The molecule has 2 aromatic carbocycles. The maximum Gasteiger partial charge on any atom is 0.453 e.